The van der Waals surface area contributed by atoms with Gasteiger partial charge in [0.1, 0.15) is 12.0 Å². The van der Waals surface area contributed by atoms with Crippen molar-refractivity contribution in [1.82, 2.24) is 29.4 Å². The lowest BCUT2D eigenvalue weighted by molar-refractivity contribution is 0.0701. The van der Waals surface area contributed by atoms with Gasteiger partial charge in [-0.25, -0.2) is 0 Å². The van der Waals surface area contributed by atoms with E-state index in [1.165, 1.54) is 6.26 Å². The third-order valence-corrected chi connectivity index (χ3v) is 5.28. The molecule has 1 amide bonds. The summed E-state index contributed by atoms with van der Waals surface area (Å²) >= 11 is 0. The van der Waals surface area contributed by atoms with Crippen LogP contribution in [0, 0.1) is 0 Å². The first-order valence-electron chi connectivity index (χ1n) is 9.50. The average Bonchev–Trinajstić information content (AvgIpc) is 3.49. The molecular weight excluding hydrogens is 368 g/mol. The maximum atomic E-state index is 12.8. The van der Waals surface area contributed by atoms with Gasteiger partial charge < -0.3 is 13.9 Å². The Kier molecular flexibility index (Phi) is 4.23. The minimum atomic E-state index is -0.110. The normalized spacial score (nSPS) is 13.5. The first kappa shape index (κ1) is 17.4. The maximum Gasteiger partial charge on any atom is 0.289 e. The highest BCUT2D eigenvalue weighted by atomic mass is 16.3. The van der Waals surface area contributed by atoms with E-state index < -0.39 is 0 Å². The summed E-state index contributed by atoms with van der Waals surface area (Å²) in [5.41, 5.74) is 4.07. The molecule has 4 aromatic rings. The molecule has 8 heteroatoms. The van der Waals surface area contributed by atoms with E-state index >= 15 is 0 Å². The summed E-state index contributed by atoms with van der Waals surface area (Å²) in [7, 11) is 1.93. The van der Waals surface area contributed by atoms with Crippen LogP contribution in [0.2, 0.25) is 0 Å². The van der Waals surface area contributed by atoms with Crippen LogP contribution in [0.15, 0.2) is 59.5 Å². The molecule has 3 aromatic heterocycles. The zero-order valence-corrected chi connectivity index (χ0v) is 16.0. The molecule has 4 heterocycles. The Bertz CT molecular complexity index is 1140. The van der Waals surface area contributed by atoms with Gasteiger partial charge in [0.25, 0.3) is 5.91 Å². The second-order valence-electron chi connectivity index (χ2n) is 7.12. The van der Waals surface area contributed by atoms with Crippen molar-refractivity contribution in [2.75, 3.05) is 6.54 Å². The number of furan rings is 1. The fourth-order valence-electron chi connectivity index (χ4n) is 3.84. The molecular formula is C21H20N6O2. The summed E-state index contributed by atoms with van der Waals surface area (Å²) in [5.74, 6) is 0.949. The van der Waals surface area contributed by atoms with E-state index in [1.807, 2.05) is 34.5 Å². The second kappa shape index (κ2) is 7.05. The predicted octanol–water partition coefficient (Wildman–Crippen LogP) is 2.52. The quantitative estimate of drug-likeness (QED) is 0.537. The van der Waals surface area contributed by atoms with Gasteiger partial charge in [0.2, 0.25) is 0 Å². The molecule has 0 radical (unpaired) electrons. The Hall–Kier alpha value is -3.68. The molecule has 1 aliphatic heterocycles. The van der Waals surface area contributed by atoms with Crippen LogP contribution in [0.5, 0.6) is 0 Å². The molecule has 8 nitrogen and oxygen atoms in total. The highest BCUT2D eigenvalue weighted by molar-refractivity contribution is 5.91. The van der Waals surface area contributed by atoms with Crippen LogP contribution < -0.4 is 0 Å². The van der Waals surface area contributed by atoms with Crippen molar-refractivity contribution in [3.05, 3.63) is 77.6 Å². The Morgan fingerprint density at radius 1 is 1.17 bits per heavy atom. The zero-order chi connectivity index (χ0) is 19.8. The molecule has 0 N–H and O–H groups in total. The van der Waals surface area contributed by atoms with Crippen molar-refractivity contribution in [3.8, 4) is 11.5 Å². The van der Waals surface area contributed by atoms with Crippen molar-refractivity contribution in [2.24, 2.45) is 7.05 Å². The van der Waals surface area contributed by atoms with Gasteiger partial charge in [-0.15, -0.1) is 10.2 Å². The Labute approximate surface area is 167 Å². The molecule has 0 unspecified atom stereocenters. The predicted molar refractivity (Wildman–Crippen MR) is 105 cm³/mol. The number of fused-ring (bicyclic) bond motifs is 1. The number of amides is 1. The SMILES string of the molecule is Cn1nc(-c2nncn2Cc2ccccc2)c2c1CCN(C(=O)c1ccco1)C2. The highest BCUT2D eigenvalue weighted by Gasteiger charge is 2.30. The number of aromatic nitrogens is 5. The molecule has 0 bridgehead atoms. The molecule has 146 valence electrons. The van der Waals surface area contributed by atoms with Crippen molar-refractivity contribution in [3.63, 3.8) is 0 Å². The van der Waals surface area contributed by atoms with Crippen LogP contribution in [-0.4, -0.2) is 41.9 Å². The van der Waals surface area contributed by atoms with E-state index in [0.717, 1.165) is 28.9 Å². The van der Waals surface area contributed by atoms with E-state index in [-0.39, 0.29) is 5.91 Å². The van der Waals surface area contributed by atoms with Crippen LogP contribution in [0.25, 0.3) is 11.5 Å². The van der Waals surface area contributed by atoms with Crippen LogP contribution in [0.4, 0.5) is 0 Å². The lowest BCUT2D eigenvalue weighted by Crippen LogP contribution is -2.36. The van der Waals surface area contributed by atoms with Crippen molar-refractivity contribution in [1.29, 1.82) is 0 Å². The van der Waals surface area contributed by atoms with E-state index in [2.05, 4.69) is 22.3 Å². The lowest BCUT2D eigenvalue weighted by Gasteiger charge is -2.26. The smallest absolute Gasteiger partial charge is 0.289 e. The van der Waals surface area contributed by atoms with Crippen LogP contribution >= 0.6 is 0 Å². The molecule has 0 saturated heterocycles. The van der Waals surface area contributed by atoms with Gasteiger partial charge in [-0.1, -0.05) is 30.3 Å². The molecule has 0 aliphatic carbocycles. The first-order chi connectivity index (χ1) is 14.2. The number of benzene rings is 1. The number of hydrogen-bond donors (Lipinski definition) is 0. The molecule has 1 aliphatic rings. The fraction of sp³-hybridized carbons (Fsp3) is 0.238. The van der Waals surface area contributed by atoms with E-state index in [9.17, 15) is 4.79 Å². The van der Waals surface area contributed by atoms with Gasteiger partial charge in [0.05, 0.1) is 19.4 Å². The van der Waals surface area contributed by atoms with Gasteiger partial charge in [-0.05, 0) is 17.7 Å². The monoisotopic (exact) mass is 388 g/mol. The Morgan fingerprint density at radius 2 is 2.03 bits per heavy atom. The second-order valence-corrected chi connectivity index (χ2v) is 7.12. The number of rotatable bonds is 4. The van der Waals surface area contributed by atoms with Gasteiger partial charge in [-0.3, -0.25) is 9.48 Å². The Morgan fingerprint density at radius 3 is 2.83 bits per heavy atom. The molecule has 5 rings (SSSR count). The largest absolute Gasteiger partial charge is 0.459 e. The minimum absolute atomic E-state index is 0.110. The molecule has 0 spiro atoms. The molecule has 1 aromatic carbocycles. The highest BCUT2D eigenvalue weighted by Crippen LogP contribution is 2.29. The van der Waals surface area contributed by atoms with Gasteiger partial charge in [0, 0.05) is 31.3 Å². The number of nitrogens with zero attached hydrogens (tertiary/aromatic N) is 6. The van der Waals surface area contributed by atoms with Crippen LogP contribution in [-0.2, 0) is 26.6 Å². The molecule has 0 saturated carbocycles. The summed E-state index contributed by atoms with van der Waals surface area (Å²) in [4.78, 5) is 14.6. The fourth-order valence-corrected chi connectivity index (χ4v) is 3.84. The van der Waals surface area contributed by atoms with Gasteiger partial charge >= 0.3 is 0 Å². The van der Waals surface area contributed by atoms with Crippen molar-refractivity contribution >= 4 is 5.91 Å². The number of aryl methyl sites for hydroxylation is 1. The lowest BCUT2D eigenvalue weighted by atomic mass is 10.0. The van der Waals surface area contributed by atoms with Crippen LogP contribution in [0.3, 0.4) is 0 Å². The number of hydrogen-bond acceptors (Lipinski definition) is 5. The molecule has 0 atom stereocenters. The summed E-state index contributed by atoms with van der Waals surface area (Å²) in [5, 5.41) is 13.2. The third kappa shape index (κ3) is 3.12. The van der Waals surface area contributed by atoms with E-state index in [0.29, 0.717) is 31.2 Å². The van der Waals surface area contributed by atoms with Crippen LogP contribution in [0.1, 0.15) is 27.4 Å². The van der Waals surface area contributed by atoms with Gasteiger partial charge in [-0.2, -0.15) is 5.10 Å². The number of carbonyl (C=O) groups is 1. The molecule has 0 fully saturated rings. The standard InChI is InChI=1S/C21H20N6O2/c1-25-17-9-10-26(21(28)18-8-5-11-29-18)13-16(17)19(24-25)20-23-22-14-27(20)12-15-6-3-2-4-7-15/h2-8,11,14H,9-10,12-13H2,1H3. The Balaban J connectivity index is 1.48. The summed E-state index contributed by atoms with van der Waals surface area (Å²) in [6.07, 6.45) is 3.97. The van der Waals surface area contributed by atoms with E-state index in [1.54, 1.807) is 23.4 Å². The van der Waals surface area contributed by atoms with Crippen molar-refractivity contribution < 1.29 is 9.21 Å². The summed E-state index contributed by atoms with van der Waals surface area (Å²) in [6, 6.07) is 13.6. The first-order valence-corrected chi connectivity index (χ1v) is 9.50. The maximum absolute atomic E-state index is 12.8. The number of carbonyl (C=O) groups excluding carboxylic acids is 1. The zero-order valence-electron chi connectivity index (χ0n) is 16.0. The third-order valence-electron chi connectivity index (χ3n) is 5.28. The summed E-state index contributed by atoms with van der Waals surface area (Å²) in [6.45, 7) is 1.75. The topological polar surface area (TPSA) is 82.0 Å². The summed E-state index contributed by atoms with van der Waals surface area (Å²) < 4.78 is 9.17. The van der Waals surface area contributed by atoms with Gasteiger partial charge in [0.15, 0.2) is 11.6 Å². The van der Waals surface area contributed by atoms with Crippen molar-refractivity contribution in [2.45, 2.75) is 19.5 Å². The molecule has 29 heavy (non-hydrogen) atoms. The van der Waals surface area contributed by atoms with E-state index in [4.69, 9.17) is 9.52 Å². The average molecular weight is 388 g/mol. The minimum Gasteiger partial charge on any atom is -0.459 e.